The predicted octanol–water partition coefficient (Wildman–Crippen LogP) is 2.16. The maximum absolute atomic E-state index is 12.0. The van der Waals surface area contributed by atoms with Crippen LogP contribution in [-0.2, 0) is 0 Å². The molecule has 1 unspecified atom stereocenters. The maximum atomic E-state index is 12.0. The van der Waals surface area contributed by atoms with Gasteiger partial charge in [0.15, 0.2) is 0 Å². The lowest BCUT2D eigenvalue weighted by Crippen LogP contribution is -2.40. The predicted molar refractivity (Wildman–Crippen MR) is 71.1 cm³/mol. The average Bonchev–Trinajstić information content (AvgIpc) is 2.27. The zero-order valence-corrected chi connectivity index (χ0v) is 10.9. The van der Waals surface area contributed by atoms with Gasteiger partial charge in [0.1, 0.15) is 0 Å². The molecule has 0 aliphatic carbocycles. The number of nitrogens with one attached hydrogen (secondary N) is 1. The van der Waals surface area contributed by atoms with E-state index in [-0.39, 0.29) is 11.9 Å². The molecule has 1 amide bonds. The van der Waals surface area contributed by atoms with Gasteiger partial charge >= 0.3 is 0 Å². The number of amides is 1. The summed E-state index contributed by atoms with van der Waals surface area (Å²) in [4.78, 5) is 12.0. The fraction of sp³-hybridized carbons (Fsp3) is 0.500. The standard InChI is InChI=1S/C14H22N2O/c1-4-5-13(9-15)16-14(17)12-7-10(2)6-11(3)8-12/h6-8,13H,4-5,9,15H2,1-3H3,(H,16,17). The number of hydrogen-bond donors (Lipinski definition) is 2. The SMILES string of the molecule is CCCC(CN)NC(=O)c1cc(C)cc(C)c1. The van der Waals surface area contributed by atoms with Crippen LogP contribution in [-0.4, -0.2) is 18.5 Å². The van der Waals surface area contributed by atoms with E-state index in [0.717, 1.165) is 29.5 Å². The fourth-order valence-electron chi connectivity index (χ4n) is 1.97. The van der Waals surface area contributed by atoms with Crippen molar-refractivity contribution in [3.05, 3.63) is 34.9 Å². The van der Waals surface area contributed by atoms with Crippen molar-refractivity contribution < 1.29 is 4.79 Å². The minimum atomic E-state index is -0.0271. The van der Waals surface area contributed by atoms with E-state index in [1.54, 1.807) is 0 Å². The minimum Gasteiger partial charge on any atom is -0.348 e. The molecule has 1 atom stereocenters. The van der Waals surface area contributed by atoms with Crippen molar-refractivity contribution in [3.8, 4) is 0 Å². The van der Waals surface area contributed by atoms with Crippen LogP contribution >= 0.6 is 0 Å². The highest BCUT2D eigenvalue weighted by Crippen LogP contribution is 2.09. The number of benzene rings is 1. The summed E-state index contributed by atoms with van der Waals surface area (Å²) in [5.74, 6) is -0.0271. The van der Waals surface area contributed by atoms with Crippen LogP contribution in [0.5, 0.6) is 0 Å². The van der Waals surface area contributed by atoms with Crippen LogP contribution in [0, 0.1) is 13.8 Å². The summed E-state index contributed by atoms with van der Waals surface area (Å²) in [5, 5.41) is 2.97. The van der Waals surface area contributed by atoms with Crippen molar-refractivity contribution in [2.75, 3.05) is 6.54 Å². The van der Waals surface area contributed by atoms with E-state index in [1.807, 2.05) is 26.0 Å². The first-order chi connectivity index (χ1) is 8.06. The smallest absolute Gasteiger partial charge is 0.251 e. The summed E-state index contributed by atoms with van der Waals surface area (Å²) in [7, 11) is 0. The maximum Gasteiger partial charge on any atom is 0.251 e. The molecule has 1 aromatic rings. The summed E-state index contributed by atoms with van der Waals surface area (Å²) >= 11 is 0. The number of hydrogen-bond acceptors (Lipinski definition) is 2. The molecule has 1 aromatic carbocycles. The molecule has 0 bridgehead atoms. The monoisotopic (exact) mass is 234 g/mol. The molecule has 0 saturated heterocycles. The topological polar surface area (TPSA) is 55.1 Å². The Labute approximate surface area is 103 Å². The van der Waals surface area contributed by atoms with Crippen molar-refractivity contribution in [2.45, 2.75) is 39.7 Å². The second-order valence-corrected chi connectivity index (χ2v) is 4.57. The third-order valence-electron chi connectivity index (χ3n) is 2.74. The van der Waals surface area contributed by atoms with Crippen LogP contribution in [0.1, 0.15) is 41.3 Å². The quantitative estimate of drug-likeness (QED) is 0.820. The molecule has 0 radical (unpaired) electrons. The fourth-order valence-corrected chi connectivity index (χ4v) is 1.97. The van der Waals surface area contributed by atoms with E-state index in [0.29, 0.717) is 6.54 Å². The summed E-state index contributed by atoms with van der Waals surface area (Å²) in [5.41, 5.74) is 8.56. The van der Waals surface area contributed by atoms with Gasteiger partial charge in [0.25, 0.3) is 5.91 Å². The second kappa shape index (κ2) is 6.40. The second-order valence-electron chi connectivity index (χ2n) is 4.57. The molecular weight excluding hydrogens is 212 g/mol. The molecule has 0 spiro atoms. The van der Waals surface area contributed by atoms with Crippen molar-refractivity contribution in [3.63, 3.8) is 0 Å². The van der Waals surface area contributed by atoms with Gasteiger partial charge in [-0.2, -0.15) is 0 Å². The van der Waals surface area contributed by atoms with Crippen molar-refractivity contribution >= 4 is 5.91 Å². The molecule has 0 saturated carbocycles. The van der Waals surface area contributed by atoms with E-state index in [1.165, 1.54) is 0 Å². The molecule has 0 aliphatic rings. The van der Waals surface area contributed by atoms with Gasteiger partial charge in [-0.25, -0.2) is 0 Å². The zero-order chi connectivity index (χ0) is 12.8. The Morgan fingerprint density at radius 2 is 1.88 bits per heavy atom. The van der Waals surface area contributed by atoms with Gasteiger partial charge in [-0.05, 0) is 32.4 Å². The lowest BCUT2D eigenvalue weighted by atomic mass is 10.1. The van der Waals surface area contributed by atoms with Crippen LogP contribution in [0.2, 0.25) is 0 Å². The van der Waals surface area contributed by atoms with E-state index in [2.05, 4.69) is 18.3 Å². The average molecular weight is 234 g/mol. The Hall–Kier alpha value is -1.35. The molecule has 0 aromatic heterocycles. The van der Waals surface area contributed by atoms with Crippen molar-refractivity contribution in [2.24, 2.45) is 5.73 Å². The molecular formula is C14H22N2O. The highest BCUT2D eigenvalue weighted by molar-refractivity contribution is 5.94. The molecule has 3 N–H and O–H groups in total. The lowest BCUT2D eigenvalue weighted by molar-refractivity contribution is 0.0936. The van der Waals surface area contributed by atoms with Gasteiger partial charge < -0.3 is 11.1 Å². The van der Waals surface area contributed by atoms with Crippen LogP contribution in [0.3, 0.4) is 0 Å². The largest absolute Gasteiger partial charge is 0.348 e. The van der Waals surface area contributed by atoms with E-state index in [9.17, 15) is 4.79 Å². The molecule has 0 fully saturated rings. The Bertz CT molecular complexity index is 368. The lowest BCUT2D eigenvalue weighted by Gasteiger charge is -2.16. The van der Waals surface area contributed by atoms with Gasteiger partial charge in [-0.1, -0.05) is 30.5 Å². The summed E-state index contributed by atoms with van der Waals surface area (Å²) in [6.07, 6.45) is 1.95. The van der Waals surface area contributed by atoms with Gasteiger partial charge in [-0.3, -0.25) is 4.79 Å². The number of carbonyl (C=O) groups is 1. The Kier molecular flexibility index (Phi) is 5.16. The van der Waals surface area contributed by atoms with Gasteiger partial charge in [0.05, 0.1) is 0 Å². The van der Waals surface area contributed by atoms with E-state index >= 15 is 0 Å². The number of aryl methyl sites for hydroxylation is 2. The molecule has 3 nitrogen and oxygen atoms in total. The normalized spacial score (nSPS) is 12.2. The summed E-state index contributed by atoms with van der Waals surface area (Å²) in [6, 6.07) is 5.95. The zero-order valence-electron chi connectivity index (χ0n) is 10.9. The Morgan fingerprint density at radius 1 is 1.29 bits per heavy atom. The third-order valence-corrected chi connectivity index (χ3v) is 2.74. The Balaban J connectivity index is 2.75. The first-order valence-electron chi connectivity index (χ1n) is 6.16. The van der Waals surface area contributed by atoms with E-state index < -0.39 is 0 Å². The van der Waals surface area contributed by atoms with Crippen LogP contribution in [0.15, 0.2) is 18.2 Å². The van der Waals surface area contributed by atoms with Gasteiger partial charge in [0.2, 0.25) is 0 Å². The summed E-state index contributed by atoms with van der Waals surface area (Å²) in [6.45, 7) is 6.57. The van der Waals surface area contributed by atoms with Gasteiger partial charge in [-0.15, -0.1) is 0 Å². The highest BCUT2D eigenvalue weighted by Gasteiger charge is 2.12. The molecule has 17 heavy (non-hydrogen) atoms. The van der Waals surface area contributed by atoms with Crippen molar-refractivity contribution in [1.82, 2.24) is 5.32 Å². The van der Waals surface area contributed by atoms with E-state index in [4.69, 9.17) is 5.73 Å². The molecule has 0 heterocycles. The molecule has 94 valence electrons. The third kappa shape index (κ3) is 4.19. The van der Waals surface area contributed by atoms with Crippen LogP contribution in [0.25, 0.3) is 0 Å². The van der Waals surface area contributed by atoms with Crippen molar-refractivity contribution in [1.29, 1.82) is 0 Å². The number of carbonyl (C=O) groups excluding carboxylic acids is 1. The first kappa shape index (κ1) is 13.7. The number of nitrogens with two attached hydrogens (primary N) is 1. The Morgan fingerprint density at radius 3 is 2.35 bits per heavy atom. The van der Waals surface area contributed by atoms with Gasteiger partial charge in [0, 0.05) is 18.2 Å². The minimum absolute atomic E-state index is 0.0271. The summed E-state index contributed by atoms with van der Waals surface area (Å²) < 4.78 is 0. The van der Waals surface area contributed by atoms with Crippen LogP contribution < -0.4 is 11.1 Å². The molecule has 1 rings (SSSR count). The van der Waals surface area contributed by atoms with Crippen LogP contribution in [0.4, 0.5) is 0 Å². The number of rotatable bonds is 5. The first-order valence-corrected chi connectivity index (χ1v) is 6.16. The highest BCUT2D eigenvalue weighted by atomic mass is 16.1. The molecule has 0 aliphatic heterocycles. The molecule has 3 heteroatoms.